The van der Waals surface area contributed by atoms with Crippen LogP contribution in [0.2, 0.25) is 0 Å². The summed E-state index contributed by atoms with van der Waals surface area (Å²) in [7, 11) is 1.98. The smallest absolute Gasteiger partial charge is 0.304 e. The Labute approximate surface area is 94.3 Å². The average molecular weight is 227 g/mol. The monoisotopic (exact) mass is 227 g/mol. The normalized spacial score (nSPS) is 13.0. The van der Waals surface area contributed by atoms with Crippen molar-refractivity contribution < 1.29 is 9.90 Å². The van der Waals surface area contributed by atoms with Crippen molar-refractivity contribution in [3.8, 4) is 0 Å². The molecule has 4 heteroatoms. The van der Waals surface area contributed by atoms with E-state index in [1.807, 2.05) is 25.4 Å². The molecule has 1 heterocycles. The van der Waals surface area contributed by atoms with Gasteiger partial charge < -0.3 is 5.11 Å². The number of rotatable bonds is 6. The van der Waals surface area contributed by atoms with Gasteiger partial charge in [0.15, 0.2) is 0 Å². The van der Waals surface area contributed by atoms with E-state index in [-0.39, 0.29) is 12.5 Å². The van der Waals surface area contributed by atoms with Crippen LogP contribution in [0.4, 0.5) is 0 Å². The Balaban J connectivity index is 2.49. The summed E-state index contributed by atoms with van der Waals surface area (Å²) in [5.41, 5.74) is 0. The molecule has 0 saturated carbocycles. The van der Waals surface area contributed by atoms with Gasteiger partial charge in [-0.05, 0) is 24.9 Å². The number of carbonyl (C=O) groups is 1. The fourth-order valence-corrected chi connectivity index (χ4v) is 2.36. The second kappa shape index (κ2) is 5.88. The van der Waals surface area contributed by atoms with Crippen LogP contribution in [0.3, 0.4) is 0 Å². The number of carboxylic acids is 1. The van der Waals surface area contributed by atoms with Crippen LogP contribution in [0.1, 0.15) is 24.6 Å². The third kappa shape index (κ3) is 4.01. The molecular formula is C11H17NO2S. The van der Waals surface area contributed by atoms with Crippen LogP contribution in [0, 0.1) is 0 Å². The van der Waals surface area contributed by atoms with Crippen LogP contribution >= 0.6 is 11.3 Å². The van der Waals surface area contributed by atoms with Crippen molar-refractivity contribution in [3.05, 3.63) is 22.4 Å². The SMILES string of the molecule is CCC(CC(=O)O)N(C)Cc1cccs1. The highest BCUT2D eigenvalue weighted by molar-refractivity contribution is 7.09. The standard InChI is InChI=1S/C11H17NO2S/c1-3-9(7-11(13)14)12(2)8-10-5-4-6-15-10/h4-6,9H,3,7-8H2,1-2H3,(H,13,14). The summed E-state index contributed by atoms with van der Waals surface area (Å²) < 4.78 is 0. The van der Waals surface area contributed by atoms with Crippen LogP contribution in [0.5, 0.6) is 0 Å². The lowest BCUT2D eigenvalue weighted by Crippen LogP contribution is -2.32. The molecule has 0 aliphatic rings. The van der Waals surface area contributed by atoms with Crippen molar-refractivity contribution in [3.63, 3.8) is 0 Å². The molecule has 1 rings (SSSR count). The van der Waals surface area contributed by atoms with E-state index in [4.69, 9.17) is 5.11 Å². The molecule has 3 nitrogen and oxygen atoms in total. The number of carboxylic acid groups (broad SMARTS) is 1. The van der Waals surface area contributed by atoms with Crippen LogP contribution in [0.25, 0.3) is 0 Å². The molecule has 1 atom stereocenters. The van der Waals surface area contributed by atoms with E-state index >= 15 is 0 Å². The quantitative estimate of drug-likeness (QED) is 0.811. The molecular weight excluding hydrogens is 210 g/mol. The van der Waals surface area contributed by atoms with Crippen LogP contribution in [-0.2, 0) is 11.3 Å². The molecule has 0 spiro atoms. The lowest BCUT2D eigenvalue weighted by Gasteiger charge is -2.25. The Kier molecular flexibility index (Phi) is 4.78. The highest BCUT2D eigenvalue weighted by atomic mass is 32.1. The van der Waals surface area contributed by atoms with E-state index in [9.17, 15) is 4.79 Å². The molecule has 0 saturated heterocycles. The van der Waals surface area contributed by atoms with E-state index < -0.39 is 5.97 Å². The first kappa shape index (κ1) is 12.2. The number of aliphatic carboxylic acids is 1. The van der Waals surface area contributed by atoms with Gasteiger partial charge in [-0.25, -0.2) is 0 Å². The molecule has 0 bridgehead atoms. The van der Waals surface area contributed by atoms with Gasteiger partial charge in [-0.2, -0.15) is 0 Å². The van der Waals surface area contributed by atoms with Crippen molar-refractivity contribution in [2.24, 2.45) is 0 Å². The largest absolute Gasteiger partial charge is 0.481 e. The lowest BCUT2D eigenvalue weighted by atomic mass is 10.1. The van der Waals surface area contributed by atoms with E-state index in [1.165, 1.54) is 4.88 Å². The van der Waals surface area contributed by atoms with Crippen molar-refractivity contribution in [2.45, 2.75) is 32.4 Å². The van der Waals surface area contributed by atoms with E-state index in [0.29, 0.717) is 0 Å². The number of hydrogen-bond donors (Lipinski definition) is 1. The van der Waals surface area contributed by atoms with Crippen molar-refractivity contribution >= 4 is 17.3 Å². The van der Waals surface area contributed by atoms with Gasteiger partial charge in [-0.3, -0.25) is 9.69 Å². The highest BCUT2D eigenvalue weighted by Gasteiger charge is 2.16. The number of nitrogens with zero attached hydrogens (tertiary/aromatic N) is 1. The average Bonchev–Trinajstić information content (AvgIpc) is 2.66. The van der Waals surface area contributed by atoms with Crippen molar-refractivity contribution in [2.75, 3.05) is 7.05 Å². The van der Waals surface area contributed by atoms with Gasteiger partial charge in [0, 0.05) is 17.5 Å². The molecule has 0 aromatic carbocycles. The molecule has 15 heavy (non-hydrogen) atoms. The molecule has 84 valence electrons. The fourth-order valence-electron chi connectivity index (χ4n) is 1.59. The molecule has 0 aliphatic heterocycles. The Morgan fingerprint density at radius 1 is 1.67 bits per heavy atom. The maximum Gasteiger partial charge on any atom is 0.304 e. The molecule has 0 radical (unpaired) electrons. The third-order valence-corrected chi connectivity index (χ3v) is 3.35. The summed E-state index contributed by atoms with van der Waals surface area (Å²) in [4.78, 5) is 14.0. The van der Waals surface area contributed by atoms with Gasteiger partial charge in [-0.1, -0.05) is 13.0 Å². The number of hydrogen-bond acceptors (Lipinski definition) is 3. The summed E-state index contributed by atoms with van der Waals surface area (Å²) in [5, 5.41) is 10.8. The maximum atomic E-state index is 10.7. The van der Waals surface area contributed by atoms with Crippen LogP contribution < -0.4 is 0 Å². The summed E-state index contributed by atoms with van der Waals surface area (Å²) in [6.07, 6.45) is 1.09. The Morgan fingerprint density at radius 2 is 2.40 bits per heavy atom. The first-order valence-corrected chi connectivity index (χ1v) is 5.95. The molecule has 0 aliphatic carbocycles. The van der Waals surface area contributed by atoms with Crippen molar-refractivity contribution in [1.29, 1.82) is 0 Å². The predicted octanol–water partition coefficient (Wildman–Crippen LogP) is 2.43. The second-order valence-corrected chi connectivity index (χ2v) is 4.69. The summed E-state index contributed by atoms with van der Waals surface area (Å²) in [6, 6.07) is 4.23. The van der Waals surface area contributed by atoms with Gasteiger partial charge in [0.2, 0.25) is 0 Å². The minimum absolute atomic E-state index is 0.129. The zero-order valence-electron chi connectivity index (χ0n) is 9.14. The molecule has 1 aromatic heterocycles. The van der Waals surface area contributed by atoms with Crippen molar-refractivity contribution in [1.82, 2.24) is 4.90 Å². The molecule has 1 aromatic rings. The zero-order chi connectivity index (χ0) is 11.3. The second-order valence-electron chi connectivity index (χ2n) is 3.65. The van der Waals surface area contributed by atoms with Gasteiger partial charge in [0.1, 0.15) is 0 Å². The van der Waals surface area contributed by atoms with Crippen LogP contribution in [0.15, 0.2) is 17.5 Å². The zero-order valence-corrected chi connectivity index (χ0v) is 9.96. The van der Waals surface area contributed by atoms with E-state index in [1.54, 1.807) is 11.3 Å². The van der Waals surface area contributed by atoms with Crippen LogP contribution in [-0.4, -0.2) is 29.1 Å². The highest BCUT2D eigenvalue weighted by Crippen LogP contribution is 2.15. The van der Waals surface area contributed by atoms with Gasteiger partial charge in [0.25, 0.3) is 0 Å². The van der Waals surface area contributed by atoms with E-state index in [2.05, 4.69) is 11.0 Å². The predicted molar refractivity (Wildman–Crippen MR) is 62.1 cm³/mol. The van der Waals surface area contributed by atoms with Gasteiger partial charge >= 0.3 is 5.97 Å². The lowest BCUT2D eigenvalue weighted by molar-refractivity contribution is -0.138. The first-order valence-electron chi connectivity index (χ1n) is 5.08. The minimum atomic E-state index is -0.722. The first-order chi connectivity index (χ1) is 7.13. The van der Waals surface area contributed by atoms with E-state index in [0.717, 1.165) is 13.0 Å². The number of thiophene rings is 1. The summed E-state index contributed by atoms with van der Waals surface area (Å²) in [6.45, 7) is 2.86. The summed E-state index contributed by atoms with van der Waals surface area (Å²) in [5.74, 6) is -0.722. The Bertz CT molecular complexity index is 298. The molecule has 1 unspecified atom stereocenters. The van der Waals surface area contributed by atoms with Gasteiger partial charge in [-0.15, -0.1) is 11.3 Å². The molecule has 1 N–H and O–H groups in total. The fraction of sp³-hybridized carbons (Fsp3) is 0.545. The molecule has 0 amide bonds. The van der Waals surface area contributed by atoms with Gasteiger partial charge in [0.05, 0.1) is 6.42 Å². The third-order valence-electron chi connectivity index (χ3n) is 2.49. The Hall–Kier alpha value is -0.870. The minimum Gasteiger partial charge on any atom is -0.481 e. The molecule has 0 fully saturated rings. The maximum absolute atomic E-state index is 10.7. The summed E-state index contributed by atoms with van der Waals surface area (Å²) >= 11 is 1.71. The topological polar surface area (TPSA) is 40.5 Å². The Morgan fingerprint density at radius 3 is 2.87 bits per heavy atom.